The van der Waals surface area contributed by atoms with Crippen LogP contribution >= 0.6 is 23.4 Å². The van der Waals surface area contributed by atoms with Crippen LogP contribution < -0.4 is 0 Å². The minimum atomic E-state index is -1.09. The molecule has 1 spiro atoms. The predicted molar refractivity (Wildman–Crippen MR) is 113 cm³/mol. The third-order valence-electron chi connectivity index (χ3n) is 5.23. The molecule has 0 fully saturated rings. The van der Waals surface area contributed by atoms with Crippen molar-refractivity contribution in [2.75, 3.05) is 0 Å². The molecule has 0 radical (unpaired) electrons. The smallest absolute Gasteiger partial charge is 0.257 e. The highest BCUT2D eigenvalue weighted by Crippen LogP contribution is 2.52. The quantitative estimate of drug-likeness (QED) is 0.550. The summed E-state index contributed by atoms with van der Waals surface area (Å²) in [6, 6.07) is 25.2. The molecule has 2 atom stereocenters. The monoisotopic (exact) mass is 405 g/mol. The van der Waals surface area contributed by atoms with Gasteiger partial charge in [-0.1, -0.05) is 95.2 Å². The summed E-state index contributed by atoms with van der Waals surface area (Å²) >= 11 is 7.58. The van der Waals surface area contributed by atoms with Crippen molar-refractivity contribution in [2.24, 2.45) is 5.16 Å². The van der Waals surface area contributed by atoms with Crippen molar-refractivity contribution in [1.82, 2.24) is 0 Å². The highest BCUT2D eigenvalue weighted by molar-refractivity contribution is 8.00. The first-order chi connectivity index (χ1) is 13.7. The van der Waals surface area contributed by atoms with Crippen molar-refractivity contribution in [3.63, 3.8) is 0 Å². The maximum absolute atomic E-state index is 13.6. The maximum atomic E-state index is 13.6. The molecule has 0 N–H and O–H groups in total. The molecule has 3 aromatic carbocycles. The minimum absolute atomic E-state index is 0.0269. The molecule has 5 rings (SSSR count). The zero-order valence-electron chi connectivity index (χ0n) is 14.8. The van der Waals surface area contributed by atoms with Crippen LogP contribution in [0.5, 0.6) is 0 Å². The molecule has 2 aliphatic rings. The first-order valence-corrected chi connectivity index (χ1v) is 10.4. The van der Waals surface area contributed by atoms with Gasteiger partial charge in [0.2, 0.25) is 5.78 Å². The van der Waals surface area contributed by atoms with Crippen LogP contribution in [0, 0.1) is 0 Å². The number of hydrogen-bond donors (Lipinski definition) is 0. The highest BCUT2D eigenvalue weighted by atomic mass is 35.5. The molecule has 2 heterocycles. The van der Waals surface area contributed by atoms with E-state index in [4.69, 9.17) is 16.4 Å². The van der Waals surface area contributed by atoms with Gasteiger partial charge in [0.05, 0.1) is 5.92 Å². The summed E-state index contributed by atoms with van der Waals surface area (Å²) < 4.78 is 0. The van der Waals surface area contributed by atoms with E-state index in [9.17, 15) is 4.79 Å². The number of ketones is 1. The number of benzene rings is 3. The van der Waals surface area contributed by atoms with Crippen LogP contribution in [0.1, 0.15) is 33.0 Å². The zero-order valence-corrected chi connectivity index (χ0v) is 16.4. The van der Waals surface area contributed by atoms with Crippen molar-refractivity contribution in [3.8, 4) is 0 Å². The van der Waals surface area contributed by atoms with Crippen LogP contribution in [0.15, 0.2) is 84.0 Å². The fourth-order valence-electron chi connectivity index (χ4n) is 3.85. The Morgan fingerprint density at radius 1 is 0.964 bits per heavy atom. The number of halogens is 1. The van der Waals surface area contributed by atoms with E-state index < -0.39 is 4.93 Å². The molecule has 3 nitrogen and oxygen atoms in total. The van der Waals surface area contributed by atoms with Gasteiger partial charge in [-0.3, -0.25) is 4.79 Å². The summed E-state index contributed by atoms with van der Waals surface area (Å²) in [5, 5.41) is 5.08. The van der Waals surface area contributed by atoms with Crippen LogP contribution in [0.3, 0.4) is 0 Å². The Hall–Kier alpha value is -2.56. The van der Waals surface area contributed by atoms with Gasteiger partial charge in [0, 0.05) is 21.9 Å². The van der Waals surface area contributed by atoms with Crippen LogP contribution in [-0.4, -0.2) is 16.4 Å². The molecule has 0 aromatic heterocycles. The second-order valence-corrected chi connectivity index (χ2v) is 8.48. The molecule has 0 bridgehead atoms. The summed E-state index contributed by atoms with van der Waals surface area (Å²) in [6.07, 6.45) is 0. The average molecular weight is 406 g/mol. The van der Waals surface area contributed by atoms with Gasteiger partial charge in [-0.25, -0.2) is 0 Å². The van der Waals surface area contributed by atoms with Gasteiger partial charge in [0.1, 0.15) is 5.71 Å². The Labute approximate surface area is 172 Å². The standard InChI is InChI=1S/C23H16ClNO2S/c24-18-12-10-16(11-13-18)21-20(15-6-2-1-3-7-15)23(27-25-21)22(26)19-9-5-4-8-17(19)14-28-23/h1-13,20H,14H2. The summed E-state index contributed by atoms with van der Waals surface area (Å²) in [5.74, 6) is 0.371. The molecule has 0 aliphatic carbocycles. The molecule has 2 aliphatic heterocycles. The lowest BCUT2D eigenvalue weighted by Gasteiger charge is -2.35. The first-order valence-electron chi connectivity index (χ1n) is 9.03. The van der Waals surface area contributed by atoms with E-state index in [0.29, 0.717) is 10.8 Å². The van der Waals surface area contributed by atoms with Crippen molar-refractivity contribution < 1.29 is 9.63 Å². The Kier molecular flexibility index (Phi) is 4.26. The van der Waals surface area contributed by atoms with E-state index in [1.807, 2.05) is 78.9 Å². The van der Waals surface area contributed by atoms with E-state index in [1.165, 1.54) is 11.8 Å². The van der Waals surface area contributed by atoms with Gasteiger partial charge >= 0.3 is 0 Å². The first kappa shape index (κ1) is 17.5. The van der Waals surface area contributed by atoms with Gasteiger partial charge in [0.15, 0.2) is 0 Å². The largest absolute Gasteiger partial charge is 0.368 e. The van der Waals surface area contributed by atoms with E-state index in [-0.39, 0.29) is 11.7 Å². The third kappa shape index (κ3) is 2.67. The number of rotatable bonds is 2. The number of carbonyl (C=O) groups is 1. The average Bonchev–Trinajstić information content (AvgIpc) is 3.12. The van der Waals surface area contributed by atoms with Gasteiger partial charge in [-0.05, 0) is 23.3 Å². The minimum Gasteiger partial charge on any atom is -0.368 e. The summed E-state index contributed by atoms with van der Waals surface area (Å²) in [7, 11) is 0. The number of fused-ring (bicyclic) bond motifs is 1. The van der Waals surface area contributed by atoms with Crippen LogP contribution in [0.2, 0.25) is 5.02 Å². The van der Waals surface area contributed by atoms with Gasteiger partial charge in [-0.15, -0.1) is 0 Å². The Morgan fingerprint density at radius 2 is 1.68 bits per heavy atom. The molecule has 0 saturated carbocycles. The zero-order chi connectivity index (χ0) is 19.1. The van der Waals surface area contributed by atoms with E-state index in [0.717, 1.165) is 28.0 Å². The molecule has 3 aromatic rings. The van der Waals surface area contributed by atoms with Crippen molar-refractivity contribution in [3.05, 3.63) is 106 Å². The Bertz CT molecular complexity index is 1080. The second-order valence-electron chi connectivity index (χ2n) is 6.86. The molecule has 28 heavy (non-hydrogen) atoms. The molecular weight excluding hydrogens is 390 g/mol. The molecular formula is C23H16ClNO2S. The van der Waals surface area contributed by atoms with Crippen molar-refractivity contribution in [2.45, 2.75) is 16.6 Å². The van der Waals surface area contributed by atoms with Gasteiger partial charge < -0.3 is 4.84 Å². The molecule has 5 heteroatoms. The van der Waals surface area contributed by atoms with Gasteiger partial charge in [-0.2, -0.15) is 0 Å². The van der Waals surface area contributed by atoms with Crippen LogP contribution in [0.4, 0.5) is 0 Å². The summed E-state index contributed by atoms with van der Waals surface area (Å²) in [4.78, 5) is 18.5. The lowest BCUT2D eigenvalue weighted by atomic mass is 9.82. The van der Waals surface area contributed by atoms with Crippen LogP contribution in [0.25, 0.3) is 0 Å². The second kappa shape index (κ2) is 6.80. The Balaban J connectivity index is 1.65. The molecule has 0 amide bonds. The predicted octanol–water partition coefficient (Wildman–Crippen LogP) is 5.68. The molecule has 2 unspecified atom stereocenters. The number of oxime groups is 1. The van der Waals surface area contributed by atoms with E-state index >= 15 is 0 Å². The molecule has 0 saturated heterocycles. The van der Waals surface area contributed by atoms with Gasteiger partial charge in [0.25, 0.3) is 4.93 Å². The SMILES string of the molecule is O=C1c2ccccc2CSC12ON=C(c1ccc(Cl)cc1)C2c1ccccc1. The molecule has 138 valence electrons. The fraction of sp³-hybridized carbons (Fsp3) is 0.130. The van der Waals surface area contributed by atoms with Crippen molar-refractivity contribution >= 4 is 34.9 Å². The lowest BCUT2D eigenvalue weighted by Crippen LogP contribution is -2.45. The highest BCUT2D eigenvalue weighted by Gasteiger charge is 2.58. The topological polar surface area (TPSA) is 38.7 Å². The summed E-state index contributed by atoms with van der Waals surface area (Å²) in [6.45, 7) is 0. The maximum Gasteiger partial charge on any atom is 0.257 e. The van der Waals surface area contributed by atoms with Crippen molar-refractivity contribution in [1.29, 1.82) is 0 Å². The number of hydrogen-bond acceptors (Lipinski definition) is 4. The lowest BCUT2D eigenvalue weighted by molar-refractivity contribution is 0.0361. The number of nitrogens with zero attached hydrogens (tertiary/aromatic N) is 1. The fourth-order valence-corrected chi connectivity index (χ4v) is 5.35. The van der Waals surface area contributed by atoms with E-state index in [1.54, 1.807) is 0 Å². The normalized spacial score (nSPS) is 23.2. The number of thioether (sulfide) groups is 1. The van der Waals surface area contributed by atoms with E-state index in [2.05, 4.69) is 5.16 Å². The number of carbonyl (C=O) groups excluding carboxylic acids is 1. The number of Topliss-reactive ketones (excluding diaryl/α,β-unsaturated/α-hetero) is 1. The van der Waals surface area contributed by atoms with Crippen LogP contribution in [-0.2, 0) is 10.6 Å². The Morgan fingerprint density at radius 3 is 2.46 bits per heavy atom. The summed E-state index contributed by atoms with van der Waals surface area (Å²) in [5.41, 5.74) is 4.42. The third-order valence-corrected chi connectivity index (χ3v) is 6.86.